The highest BCUT2D eigenvalue weighted by atomic mass is 79.9. The maximum atomic E-state index is 13.2. The first-order chi connectivity index (χ1) is 9.63. The molecule has 0 atom stereocenters. The quantitative estimate of drug-likeness (QED) is 0.648. The smallest absolute Gasteiger partial charge is 0.137 e. The molecule has 0 heterocycles. The maximum Gasteiger partial charge on any atom is 0.137 e. The Kier molecular flexibility index (Phi) is 5.43. The van der Waals surface area contributed by atoms with Crippen LogP contribution in [-0.4, -0.2) is 7.11 Å². The van der Waals surface area contributed by atoms with Gasteiger partial charge in [0, 0.05) is 10.9 Å². The fourth-order valence-corrected chi connectivity index (χ4v) is 2.58. The Bertz CT molecular complexity index is 602. The average molecular weight is 404 g/mol. The third kappa shape index (κ3) is 3.73. The molecule has 5 heteroatoms. The number of hydrogen-bond donors (Lipinski definition) is 0. The lowest BCUT2D eigenvalue weighted by Crippen LogP contribution is -1.99. The van der Waals surface area contributed by atoms with Crippen molar-refractivity contribution in [2.45, 2.75) is 11.9 Å². The highest BCUT2D eigenvalue weighted by molar-refractivity contribution is 9.10. The molecule has 20 heavy (non-hydrogen) atoms. The van der Waals surface area contributed by atoms with Crippen LogP contribution in [0.1, 0.15) is 11.1 Å². The van der Waals surface area contributed by atoms with E-state index in [9.17, 15) is 4.39 Å². The van der Waals surface area contributed by atoms with Gasteiger partial charge < -0.3 is 9.47 Å². The van der Waals surface area contributed by atoms with Gasteiger partial charge in [-0.05, 0) is 51.8 Å². The fraction of sp³-hybridized carbons (Fsp3) is 0.200. The van der Waals surface area contributed by atoms with Crippen molar-refractivity contribution in [3.8, 4) is 11.5 Å². The predicted octanol–water partition coefficient (Wildman–Crippen LogP) is 5.07. The van der Waals surface area contributed by atoms with Crippen molar-refractivity contribution in [1.29, 1.82) is 0 Å². The zero-order valence-corrected chi connectivity index (χ0v) is 14.0. The molecule has 2 aromatic carbocycles. The van der Waals surface area contributed by atoms with Crippen molar-refractivity contribution in [2.75, 3.05) is 7.11 Å². The lowest BCUT2D eigenvalue weighted by atomic mass is 10.2. The summed E-state index contributed by atoms with van der Waals surface area (Å²) in [5, 5.41) is 0.673. The zero-order valence-electron chi connectivity index (χ0n) is 10.8. The molecule has 0 aliphatic heterocycles. The highest BCUT2D eigenvalue weighted by Crippen LogP contribution is 2.27. The lowest BCUT2D eigenvalue weighted by molar-refractivity contribution is 0.303. The molecule has 0 saturated carbocycles. The summed E-state index contributed by atoms with van der Waals surface area (Å²) in [6.45, 7) is 0.380. The molecule has 2 nitrogen and oxygen atoms in total. The number of halogens is 3. The van der Waals surface area contributed by atoms with Crippen LogP contribution in [0.5, 0.6) is 11.5 Å². The zero-order chi connectivity index (χ0) is 14.5. The Hall–Kier alpha value is -1.07. The van der Waals surface area contributed by atoms with E-state index in [1.165, 1.54) is 6.07 Å². The Balaban J connectivity index is 2.12. The van der Waals surface area contributed by atoms with Crippen molar-refractivity contribution in [3.05, 3.63) is 57.8 Å². The molecule has 0 bridgehead atoms. The van der Waals surface area contributed by atoms with Gasteiger partial charge in [0.2, 0.25) is 0 Å². The van der Waals surface area contributed by atoms with Crippen LogP contribution in [0, 0.1) is 5.82 Å². The second-order valence-electron chi connectivity index (χ2n) is 4.14. The monoisotopic (exact) mass is 402 g/mol. The molecule has 2 aromatic rings. The minimum atomic E-state index is -0.278. The first-order valence-electron chi connectivity index (χ1n) is 5.93. The highest BCUT2D eigenvalue weighted by Gasteiger charge is 2.06. The van der Waals surface area contributed by atoms with E-state index in [0.29, 0.717) is 16.4 Å². The van der Waals surface area contributed by atoms with E-state index in [2.05, 4.69) is 31.9 Å². The lowest BCUT2D eigenvalue weighted by Gasteiger charge is -2.12. The van der Waals surface area contributed by atoms with Gasteiger partial charge >= 0.3 is 0 Å². The van der Waals surface area contributed by atoms with E-state index in [1.807, 2.05) is 18.2 Å². The first-order valence-corrected chi connectivity index (χ1v) is 7.85. The van der Waals surface area contributed by atoms with Crippen LogP contribution in [0.25, 0.3) is 0 Å². The van der Waals surface area contributed by atoms with Crippen molar-refractivity contribution in [2.24, 2.45) is 0 Å². The van der Waals surface area contributed by atoms with Gasteiger partial charge in [-0.2, -0.15) is 0 Å². The van der Waals surface area contributed by atoms with E-state index < -0.39 is 0 Å². The van der Waals surface area contributed by atoms with E-state index in [-0.39, 0.29) is 5.82 Å². The molecular formula is C15H13Br2FO2. The number of rotatable bonds is 5. The van der Waals surface area contributed by atoms with Crippen LogP contribution < -0.4 is 9.47 Å². The van der Waals surface area contributed by atoms with Crippen molar-refractivity contribution in [3.63, 3.8) is 0 Å². The number of ether oxygens (including phenoxy) is 2. The third-order valence-corrected chi connectivity index (χ3v) is 4.00. The van der Waals surface area contributed by atoms with Gasteiger partial charge in [-0.1, -0.05) is 22.0 Å². The molecule has 0 aliphatic carbocycles. The summed E-state index contributed by atoms with van der Waals surface area (Å²) < 4.78 is 24.6. The summed E-state index contributed by atoms with van der Waals surface area (Å²) in [4.78, 5) is 0. The molecule has 0 spiro atoms. The van der Waals surface area contributed by atoms with Crippen molar-refractivity contribution in [1.82, 2.24) is 0 Å². The fourth-order valence-electron chi connectivity index (χ4n) is 1.72. The largest absolute Gasteiger partial charge is 0.497 e. The molecule has 0 fully saturated rings. The molecule has 0 unspecified atom stereocenters. The van der Waals surface area contributed by atoms with Crippen LogP contribution in [0.3, 0.4) is 0 Å². The number of hydrogen-bond acceptors (Lipinski definition) is 2. The number of alkyl halides is 1. The summed E-state index contributed by atoms with van der Waals surface area (Å²) in [5.74, 6) is 1.29. The Labute approximate surface area is 134 Å². The van der Waals surface area contributed by atoms with Gasteiger partial charge in [-0.25, -0.2) is 4.39 Å². The topological polar surface area (TPSA) is 18.5 Å². The van der Waals surface area contributed by atoms with Crippen LogP contribution in [0.2, 0.25) is 0 Å². The second kappa shape index (κ2) is 7.09. The van der Waals surface area contributed by atoms with Crippen LogP contribution in [0.15, 0.2) is 40.9 Å². The van der Waals surface area contributed by atoms with E-state index >= 15 is 0 Å². The van der Waals surface area contributed by atoms with Crippen LogP contribution >= 0.6 is 31.9 Å². The van der Waals surface area contributed by atoms with Gasteiger partial charge in [0.05, 0.1) is 11.6 Å². The maximum absolute atomic E-state index is 13.2. The molecule has 0 N–H and O–H groups in total. The number of methoxy groups -OCH3 is 1. The molecule has 2 rings (SSSR count). The normalized spacial score (nSPS) is 10.4. The second-order valence-corrected chi connectivity index (χ2v) is 5.56. The van der Waals surface area contributed by atoms with E-state index in [4.69, 9.17) is 9.47 Å². The van der Waals surface area contributed by atoms with Gasteiger partial charge in [-0.15, -0.1) is 0 Å². The van der Waals surface area contributed by atoms with Crippen LogP contribution in [0.4, 0.5) is 4.39 Å². The molecule has 0 aromatic heterocycles. The molecule has 0 saturated heterocycles. The minimum Gasteiger partial charge on any atom is -0.497 e. The first kappa shape index (κ1) is 15.3. The summed E-state index contributed by atoms with van der Waals surface area (Å²) in [6, 6.07) is 10.5. The summed E-state index contributed by atoms with van der Waals surface area (Å²) >= 11 is 6.59. The molecular weight excluding hydrogens is 391 g/mol. The SMILES string of the molecule is COc1ccc(OCc2ccc(F)c(Br)c2)c(CBr)c1. The van der Waals surface area contributed by atoms with Gasteiger partial charge in [-0.3, -0.25) is 0 Å². The van der Waals surface area contributed by atoms with Gasteiger partial charge in [0.25, 0.3) is 0 Å². The molecule has 0 amide bonds. The Morgan fingerprint density at radius 3 is 2.60 bits per heavy atom. The van der Waals surface area contributed by atoms with Crippen LogP contribution in [-0.2, 0) is 11.9 Å². The van der Waals surface area contributed by atoms with Crippen molar-refractivity contribution < 1.29 is 13.9 Å². The van der Waals surface area contributed by atoms with E-state index in [0.717, 1.165) is 22.6 Å². The molecule has 0 radical (unpaired) electrons. The Morgan fingerprint density at radius 2 is 1.95 bits per heavy atom. The predicted molar refractivity (Wildman–Crippen MR) is 84.1 cm³/mol. The number of benzene rings is 2. The summed E-state index contributed by atoms with van der Waals surface area (Å²) in [6.07, 6.45) is 0. The minimum absolute atomic E-state index is 0.278. The standard InChI is InChI=1S/C15H13Br2FO2/c1-19-12-3-5-15(11(7-12)8-16)20-9-10-2-4-14(18)13(17)6-10/h2-7H,8-9H2,1H3. The van der Waals surface area contributed by atoms with Gasteiger partial charge in [0.1, 0.15) is 23.9 Å². The van der Waals surface area contributed by atoms with Crippen molar-refractivity contribution >= 4 is 31.9 Å². The summed E-state index contributed by atoms with van der Waals surface area (Å²) in [7, 11) is 1.63. The third-order valence-electron chi connectivity index (χ3n) is 2.79. The molecule has 106 valence electrons. The van der Waals surface area contributed by atoms with Gasteiger partial charge in [0.15, 0.2) is 0 Å². The van der Waals surface area contributed by atoms with E-state index in [1.54, 1.807) is 19.2 Å². The molecule has 0 aliphatic rings. The average Bonchev–Trinajstić information content (AvgIpc) is 2.48. The Morgan fingerprint density at radius 1 is 1.15 bits per heavy atom. The summed E-state index contributed by atoms with van der Waals surface area (Å²) in [5.41, 5.74) is 1.90.